The van der Waals surface area contributed by atoms with Gasteiger partial charge in [0.2, 0.25) is 0 Å². The molecule has 3 nitrogen and oxygen atoms in total. The van der Waals surface area contributed by atoms with Crippen LogP contribution in [-0.2, 0) is 0 Å². The molecule has 1 aliphatic carbocycles. The van der Waals surface area contributed by atoms with Gasteiger partial charge in [0, 0.05) is 29.4 Å². The maximum atomic E-state index is 12.7. The average Bonchev–Trinajstić information content (AvgIpc) is 3.19. The number of rotatable bonds is 6. The van der Waals surface area contributed by atoms with Crippen LogP contribution in [0.2, 0.25) is 0 Å². The minimum Gasteiger partial charge on any atom is -0.508 e. The third kappa shape index (κ3) is 4.27. The molecule has 6 heteroatoms. The van der Waals surface area contributed by atoms with E-state index >= 15 is 0 Å². The van der Waals surface area contributed by atoms with Gasteiger partial charge in [0.05, 0.1) is 0 Å². The number of phenols is 1. The van der Waals surface area contributed by atoms with Crippen molar-refractivity contribution in [3.8, 4) is 5.75 Å². The second-order valence-electron chi connectivity index (χ2n) is 5.50. The van der Waals surface area contributed by atoms with Gasteiger partial charge in [-0.05, 0) is 32.4 Å². The Kier molecular flexibility index (Phi) is 4.66. The van der Waals surface area contributed by atoms with Crippen molar-refractivity contribution in [3.63, 3.8) is 0 Å². The second-order valence-corrected chi connectivity index (χ2v) is 5.50. The van der Waals surface area contributed by atoms with E-state index in [0.717, 1.165) is 19.4 Å². The van der Waals surface area contributed by atoms with Gasteiger partial charge in [-0.25, -0.2) is 0 Å². The van der Waals surface area contributed by atoms with E-state index in [9.17, 15) is 18.3 Å². The SMILES string of the molecule is CCNC(C)c1ccc(N(CC(F)(F)F)C2CC2)cc1O. The molecule has 0 bridgehead atoms. The molecule has 1 atom stereocenters. The molecule has 0 aromatic heterocycles. The van der Waals surface area contributed by atoms with Gasteiger partial charge in [-0.15, -0.1) is 0 Å². The molecule has 2 N–H and O–H groups in total. The Morgan fingerprint density at radius 3 is 2.52 bits per heavy atom. The molecule has 2 rings (SSSR count). The molecule has 1 fully saturated rings. The lowest BCUT2D eigenvalue weighted by Crippen LogP contribution is -2.36. The first-order valence-corrected chi connectivity index (χ1v) is 7.21. The van der Waals surface area contributed by atoms with Gasteiger partial charge < -0.3 is 15.3 Å². The van der Waals surface area contributed by atoms with Crippen LogP contribution in [0.5, 0.6) is 5.75 Å². The van der Waals surface area contributed by atoms with Crippen molar-refractivity contribution in [2.75, 3.05) is 18.0 Å². The molecule has 0 saturated heterocycles. The van der Waals surface area contributed by atoms with E-state index in [4.69, 9.17) is 0 Å². The van der Waals surface area contributed by atoms with Crippen molar-refractivity contribution in [3.05, 3.63) is 23.8 Å². The van der Waals surface area contributed by atoms with Crippen LogP contribution in [0.3, 0.4) is 0 Å². The lowest BCUT2D eigenvalue weighted by atomic mass is 10.1. The van der Waals surface area contributed by atoms with Crippen LogP contribution in [0.25, 0.3) is 0 Å². The summed E-state index contributed by atoms with van der Waals surface area (Å²) in [5.41, 5.74) is 1.13. The monoisotopic (exact) mass is 302 g/mol. The molecule has 1 aromatic rings. The Morgan fingerprint density at radius 1 is 1.38 bits per heavy atom. The molecular weight excluding hydrogens is 281 g/mol. The van der Waals surface area contributed by atoms with Gasteiger partial charge >= 0.3 is 6.18 Å². The highest BCUT2D eigenvalue weighted by atomic mass is 19.4. The first-order chi connectivity index (χ1) is 9.81. The van der Waals surface area contributed by atoms with Crippen LogP contribution in [0.1, 0.15) is 38.3 Å². The van der Waals surface area contributed by atoms with Gasteiger partial charge in [-0.1, -0.05) is 13.0 Å². The predicted octanol–water partition coefficient (Wildman–Crippen LogP) is 3.59. The summed E-state index contributed by atoms with van der Waals surface area (Å²) in [5.74, 6) is 0.0359. The molecule has 21 heavy (non-hydrogen) atoms. The molecule has 118 valence electrons. The van der Waals surface area contributed by atoms with Crippen molar-refractivity contribution in [1.29, 1.82) is 0 Å². The number of hydrogen-bond donors (Lipinski definition) is 2. The van der Waals surface area contributed by atoms with E-state index < -0.39 is 12.7 Å². The number of benzene rings is 1. The topological polar surface area (TPSA) is 35.5 Å². The van der Waals surface area contributed by atoms with Gasteiger partial charge in [-0.2, -0.15) is 13.2 Å². The van der Waals surface area contributed by atoms with Crippen molar-refractivity contribution in [2.45, 2.75) is 44.9 Å². The van der Waals surface area contributed by atoms with E-state index in [-0.39, 0.29) is 17.8 Å². The standard InChI is InChI=1S/C15H21F3N2O/c1-3-19-10(2)13-7-6-12(8-14(13)21)20(11-4-5-11)9-15(16,17)18/h6-8,10-11,19,21H,3-5,9H2,1-2H3. The highest BCUT2D eigenvalue weighted by Gasteiger charge is 2.38. The first kappa shape index (κ1) is 15.9. The number of anilines is 1. The number of aromatic hydroxyl groups is 1. The summed E-state index contributed by atoms with van der Waals surface area (Å²) in [5, 5.41) is 13.3. The van der Waals surface area contributed by atoms with Crippen LogP contribution in [-0.4, -0.2) is 30.4 Å². The van der Waals surface area contributed by atoms with Crippen molar-refractivity contribution in [2.24, 2.45) is 0 Å². The zero-order valence-electron chi connectivity index (χ0n) is 12.2. The van der Waals surface area contributed by atoms with E-state index in [1.807, 2.05) is 13.8 Å². The third-order valence-corrected chi connectivity index (χ3v) is 3.66. The molecular formula is C15H21F3N2O. The number of nitrogens with one attached hydrogen (secondary N) is 1. The smallest absolute Gasteiger partial charge is 0.405 e. The summed E-state index contributed by atoms with van der Waals surface area (Å²) in [6.07, 6.45) is -2.70. The molecule has 1 saturated carbocycles. The normalized spacial score (nSPS) is 16.8. The summed E-state index contributed by atoms with van der Waals surface area (Å²) < 4.78 is 38.0. The molecule has 1 aromatic carbocycles. The van der Waals surface area contributed by atoms with Crippen molar-refractivity contribution < 1.29 is 18.3 Å². The highest BCUT2D eigenvalue weighted by molar-refractivity contribution is 5.55. The fourth-order valence-corrected chi connectivity index (χ4v) is 2.50. The first-order valence-electron chi connectivity index (χ1n) is 7.21. The second kappa shape index (κ2) is 6.13. The molecule has 0 heterocycles. The summed E-state index contributed by atoms with van der Waals surface area (Å²) in [6, 6.07) is 4.69. The minimum absolute atomic E-state index is 0.0359. The van der Waals surface area contributed by atoms with Gasteiger partial charge in [0.25, 0.3) is 0 Å². The van der Waals surface area contributed by atoms with Gasteiger partial charge in [-0.3, -0.25) is 0 Å². The zero-order chi connectivity index (χ0) is 15.6. The predicted molar refractivity (Wildman–Crippen MR) is 76.6 cm³/mol. The van der Waals surface area contributed by atoms with Crippen LogP contribution in [0, 0.1) is 0 Å². The zero-order valence-corrected chi connectivity index (χ0v) is 12.2. The summed E-state index contributed by atoms with van der Waals surface area (Å²) in [6.45, 7) is 3.65. The van der Waals surface area contributed by atoms with E-state index in [1.165, 1.54) is 11.0 Å². The molecule has 0 spiro atoms. The quantitative estimate of drug-likeness (QED) is 0.843. The van der Waals surface area contributed by atoms with E-state index in [2.05, 4.69) is 5.32 Å². The fraction of sp³-hybridized carbons (Fsp3) is 0.600. The van der Waals surface area contributed by atoms with Gasteiger partial charge in [0.15, 0.2) is 0 Å². The maximum Gasteiger partial charge on any atom is 0.405 e. The van der Waals surface area contributed by atoms with E-state index in [0.29, 0.717) is 11.3 Å². The van der Waals surface area contributed by atoms with Crippen molar-refractivity contribution in [1.82, 2.24) is 5.32 Å². The van der Waals surface area contributed by atoms with Crippen LogP contribution in [0.4, 0.5) is 18.9 Å². The summed E-state index contributed by atoms with van der Waals surface area (Å²) in [4.78, 5) is 1.33. The highest BCUT2D eigenvalue weighted by Crippen LogP contribution is 2.37. The van der Waals surface area contributed by atoms with Gasteiger partial charge in [0.1, 0.15) is 12.3 Å². The van der Waals surface area contributed by atoms with Crippen LogP contribution in [0.15, 0.2) is 18.2 Å². The van der Waals surface area contributed by atoms with Crippen molar-refractivity contribution >= 4 is 5.69 Å². The third-order valence-electron chi connectivity index (χ3n) is 3.66. The number of nitrogens with zero attached hydrogens (tertiary/aromatic N) is 1. The lowest BCUT2D eigenvalue weighted by molar-refractivity contribution is -0.120. The largest absolute Gasteiger partial charge is 0.508 e. The Morgan fingerprint density at radius 2 is 2.05 bits per heavy atom. The average molecular weight is 302 g/mol. The van der Waals surface area contributed by atoms with Crippen LogP contribution >= 0.6 is 0 Å². The number of hydrogen-bond acceptors (Lipinski definition) is 3. The fourth-order valence-electron chi connectivity index (χ4n) is 2.50. The van der Waals surface area contributed by atoms with Crippen LogP contribution < -0.4 is 10.2 Å². The Hall–Kier alpha value is -1.43. The summed E-state index contributed by atoms with van der Waals surface area (Å²) in [7, 11) is 0. The molecule has 0 aliphatic heterocycles. The maximum absolute atomic E-state index is 12.7. The molecule has 1 aliphatic rings. The summed E-state index contributed by atoms with van der Waals surface area (Å²) >= 11 is 0. The van der Waals surface area contributed by atoms with E-state index in [1.54, 1.807) is 12.1 Å². The Balaban J connectivity index is 2.20. The molecule has 1 unspecified atom stereocenters. The Bertz CT molecular complexity index is 486. The Labute approximate surface area is 122 Å². The number of phenolic OH excluding ortho intramolecular Hbond substituents is 1. The lowest BCUT2D eigenvalue weighted by Gasteiger charge is -2.27. The molecule has 0 amide bonds. The molecule has 0 radical (unpaired) electrons. The minimum atomic E-state index is -4.24. The number of halogens is 3. The number of alkyl halides is 3.